The van der Waals surface area contributed by atoms with E-state index in [9.17, 15) is 4.79 Å². The molecule has 1 aromatic heterocycles. The first-order chi connectivity index (χ1) is 6.70. The molecule has 1 rings (SSSR count). The third-order valence-electron chi connectivity index (χ3n) is 1.69. The molecule has 1 heterocycles. The van der Waals surface area contributed by atoms with Crippen molar-refractivity contribution in [3.63, 3.8) is 0 Å². The van der Waals surface area contributed by atoms with Crippen LogP contribution in [0.4, 0.5) is 4.79 Å². The molecule has 0 spiro atoms. The fourth-order valence-corrected chi connectivity index (χ4v) is 0.954. The molecular formula is C7H14N6O. The standard InChI is InChI=1S/C7H14N6O/c1-13-6(11-5-12-13)4-9-2-3-10-7(8)14/h5,9H,2-4H2,1H3,(H3,8,10,14). The number of nitrogens with two attached hydrogens (primary N) is 1. The Labute approximate surface area is 81.7 Å². The molecule has 7 nitrogen and oxygen atoms in total. The van der Waals surface area contributed by atoms with Gasteiger partial charge in [0.05, 0.1) is 6.54 Å². The minimum atomic E-state index is -0.509. The number of carbonyl (C=O) groups excluding carboxylic acids is 1. The summed E-state index contributed by atoms with van der Waals surface area (Å²) in [4.78, 5) is 14.3. The number of primary amides is 1. The van der Waals surface area contributed by atoms with Gasteiger partial charge in [-0.05, 0) is 0 Å². The van der Waals surface area contributed by atoms with Crippen molar-refractivity contribution in [1.82, 2.24) is 25.4 Å². The Morgan fingerprint density at radius 3 is 3.00 bits per heavy atom. The lowest BCUT2D eigenvalue weighted by Gasteiger charge is -2.04. The molecule has 7 heteroatoms. The number of urea groups is 1. The van der Waals surface area contributed by atoms with Crippen LogP contribution in [0.15, 0.2) is 6.33 Å². The molecule has 0 aliphatic carbocycles. The van der Waals surface area contributed by atoms with Gasteiger partial charge in [0.25, 0.3) is 0 Å². The van der Waals surface area contributed by atoms with E-state index in [1.807, 2.05) is 7.05 Å². The molecule has 0 atom stereocenters. The molecule has 2 amide bonds. The molecule has 78 valence electrons. The lowest BCUT2D eigenvalue weighted by Crippen LogP contribution is -2.35. The summed E-state index contributed by atoms with van der Waals surface area (Å²) in [6, 6.07) is -0.509. The summed E-state index contributed by atoms with van der Waals surface area (Å²) in [5.74, 6) is 0.851. The fraction of sp³-hybridized carbons (Fsp3) is 0.571. The lowest BCUT2D eigenvalue weighted by molar-refractivity contribution is 0.249. The van der Waals surface area contributed by atoms with Crippen molar-refractivity contribution in [1.29, 1.82) is 0 Å². The monoisotopic (exact) mass is 198 g/mol. The SMILES string of the molecule is Cn1ncnc1CNCCNC(N)=O. The minimum Gasteiger partial charge on any atom is -0.352 e. The zero-order valence-electron chi connectivity index (χ0n) is 8.03. The number of hydrogen-bond donors (Lipinski definition) is 3. The molecule has 0 aliphatic heterocycles. The molecule has 0 aliphatic rings. The fourth-order valence-electron chi connectivity index (χ4n) is 0.954. The van der Waals surface area contributed by atoms with Crippen LogP contribution in [0.1, 0.15) is 5.82 Å². The number of amides is 2. The van der Waals surface area contributed by atoms with Gasteiger partial charge in [0.15, 0.2) is 0 Å². The minimum absolute atomic E-state index is 0.507. The molecule has 14 heavy (non-hydrogen) atoms. The van der Waals surface area contributed by atoms with Crippen LogP contribution >= 0.6 is 0 Å². The van der Waals surface area contributed by atoms with Crippen LogP contribution in [0, 0.1) is 0 Å². The molecule has 0 radical (unpaired) electrons. The maximum atomic E-state index is 10.3. The highest BCUT2D eigenvalue weighted by Crippen LogP contribution is 1.87. The van der Waals surface area contributed by atoms with E-state index in [1.54, 1.807) is 4.68 Å². The molecule has 0 aromatic carbocycles. The largest absolute Gasteiger partial charge is 0.352 e. The van der Waals surface area contributed by atoms with Crippen molar-refractivity contribution < 1.29 is 4.79 Å². The average molecular weight is 198 g/mol. The second-order valence-corrected chi connectivity index (χ2v) is 2.77. The number of carbonyl (C=O) groups is 1. The summed E-state index contributed by atoms with van der Waals surface area (Å²) >= 11 is 0. The molecule has 0 saturated heterocycles. The first kappa shape index (κ1) is 10.5. The maximum Gasteiger partial charge on any atom is 0.312 e. The second-order valence-electron chi connectivity index (χ2n) is 2.77. The Morgan fingerprint density at radius 1 is 1.64 bits per heavy atom. The number of hydrogen-bond acceptors (Lipinski definition) is 4. The van der Waals surface area contributed by atoms with Crippen LogP contribution in [0.2, 0.25) is 0 Å². The van der Waals surface area contributed by atoms with Gasteiger partial charge in [-0.25, -0.2) is 9.78 Å². The summed E-state index contributed by atoms with van der Waals surface area (Å²) < 4.78 is 1.69. The number of nitrogens with zero attached hydrogens (tertiary/aromatic N) is 3. The van der Waals surface area contributed by atoms with Crippen LogP contribution in [-0.2, 0) is 13.6 Å². The third-order valence-corrected chi connectivity index (χ3v) is 1.69. The van der Waals surface area contributed by atoms with Crippen molar-refractivity contribution in [2.24, 2.45) is 12.8 Å². The summed E-state index contributed by atoms with van der Waals surface area (Å²) in [6.45, 7) is 1.78. The zero-order chi connectivity index (χ0) is 10.4. The number of aryl methyl sites for hydroxylation is 1. The first-order valence-corrected chi connectivity index (χ1v) is 4.27. The van der Waals surface area contributed by atoms with Crippen LogP contribution in [0.25, 0.3) is 0 Å². The van der Waals surface area contributed by atoms with E-state index in [1.165, 1.54) is 6.33 Å². The number of aromatic nitrogens is 3. The smallest absolute Gasteiger partial charge is 0.312 e. The highest BCUT2D eigenvalue weighted by Gasteiger charge is 1.98. The van der Waals surface area contributed by atoms with E-state index in [0.29, 0.717) is 19.6 Å². The molecular weight excluding hydrogens is 184 g/mol. The van der Waals surface area contributed by atoms with Crippen molar-refractivity contribution in [3.8, 4) is 0 Å². The summed E-state index contributed by atoms with van der Waals surface area (Å²) in [6.07, 6.45) is 1.50. The Bertz CT molecular complexity index is 296. The molecule has 1 aromatic rings. The van der Waals surface area contributed by atoms with Gasteiger partial charge in [-0.3, -0.25) is 4.68 Å². The van der Waals surface area contributed by atoms with E-state index in [0.717, 1.165) is 5.82 Å². The normalized spacial score (nSPS) is 10.1. The lowest BCUT2D eigenvalue weighted by atomic mass is 10.5. The second kappa shape index (κ2) is 5.18. The van der Waals surface area contributed by atoms with Gasteiger partial charge in [-0.1, -0.05) is 0 Å². The molecule has 0 bridgehead atoms. The van der Waals surface area contributed by atoms with Crippen LogP contribution < -0.4 is 16.4 Å². The van der Waals surface area contributed by atoms with E-state index in [2.05, 4.69) is 20.7 Å². The molecule has 0 fully saturated rings. The predicted octanol–water partition coefficient (Wildman–Crippen LogP) is -1.43. The quantitative estimate of drug-likeness (QED) is 0.505. The summed E-state index contributed by atoms with van der Waals surface area (Å²) in [7, 11) is 1.83. The Hall–Kier alpha value is -1.63. The maximum absolute atomic E-state index is 10.3. The Kier molecular flexibility index (Phi) is 3.86. The van der Waals surface area contributed by atoms with Gasteiger partial charge < -0.3 is 16.4 Å². The molecule has 4 N–H and O–H groups in total. The van der Waals surface area contributed by atoms with Crippen molar-refractivity contribution in [3.05, 3.63) is 12.2 Å². The third kappa shape index (κ3) is 3.40. The highest BCUT2D eigenvalue weighted by atomic mass is 16.2. The molecule has 0 unspecified atom stereocenters. The van der Waals surface area contributed by atoms with Gasteiger partial charge in [0, 0.05) is 20.1 Å². The average Bonchev–Trinajstić information content (AvgIpc) is 2.51. The van der Waals surface area contributed by atoms with Gasteiger partial charge >= 0.3 is 6.03 Å². The number of nitrogens with one attached hydrogen (secondary N) is 2. The van der Waals surface area contributed by atoms with E-state index in [4.69, 9.17) is 5.73 Å². The van der Waals surface area contributed by atoms with Crippen LogP contribution in [0.3, 0.4) is 0 Å². The first-order valence-electron chi connectivity index (χ1n) is 4.27. The van der Waals surface area contributed by atoms with Gasteiger partial charge in [-0.2, -0.15) is 5.10 Å². The number of rotatable bonds is 5. The molecule has 0 saturated carbocycles. The Morgan fingerprint density at radius 2 is 2.43 bits per heavy atom. The van der Waals surface area contributed by atoms with Gasteiger partial charge in [0.2, 0.25) is 0 Å². The predicted molar refractivity (Wildman–Crippen MR) is 50.3 cm³/mol. The highest BCUT2D eigenvalue weighted by molar-refractivity contribution is 5.71. The van der Waals surface area contributed by atoms with Gasteiger partial charge in [0.1, 0.15) is 12.2 Å². The topological polar surface area (TPSA) is 97.9 Å². The van der Waals surface area contributed by atoms with Crippen LogP contribution in [-0.4, -0.2) is 33.9 Å². The van der Waals surface area contributed by atoms with Crippen molar-refractivity contribution in [2.75, 3.05) is 13.1 Å². The summed E-state index contributed by atoms with van der Waals surface area (Å²) in [5, 5.41) is 9.48. The Balaban J connectivity index is 2.10. The van der Waals surface area contributed by atoms with Crippen molar-refractivity contribution >= 4 is 6.03 Å². The van der Waals surface area contributed by atoms with E-state index >= 15 is 0 Å². The van der Waals surface area contributed by atoms with E-state index in [-0.39, 0.29) is 0 Å². The van der Waals surface area contributed by atoms with E-state index < -0.39 is 6.03 Å². The van der Waals surface area contributed by atoms with Gasteiger partial charge in [-0.15, -0.1) is 0 Å². The van der Waals surface area contributed by atoms with Crippen LogP contribution in [0.5, 0.6) is 0 Å². The zero-order valence-corrected chi connectivity index (χ0v) is 8.03. The summed E-state index contributed by atoms with van der Waals surface area (Å²) in [5.41, 5.74) is 4.89. The van der Waals surface area contributed by atoms with Crippen molar-refractivity contribution in [2.45, 2.75) is 6.54 Å².